The van der Waals surface area contributed by atoms with Crippen LogP contribution >= 0.6 is 27.5 Å². The van der Waals surface area contributed by atoms with Crippen LogP contribution in [0.2, 0.25) is 0 Å². The summed E-state index contributed by atoms with van der Waals surface area (Å²) in [7, 11) is -4.39. The number of nitro groups is 1. The molecule has 0 aliphatic heterocycles. The molecular formula is C21H16BrClN2O5S. The Balaban J connectivity index is 2.04. The fourth-order valence-corrected chi connectivity index (χ4v) is 5.03. The fraction of sp³-hybridized carbons (Fsp3) is 0.0952. The third-order valence-electron chi connectivity index (χ3n) is 4.46. The van der Waals surface area contributed by atoms with Crippen molar-refractivity contribution in [2.24, 2.45) is 0 Å². The van der Waals surface area contributed by atoms with Crippen LogP contribution in [-0.4, -0.2) is 24.5 Å². The predicted molar refractivity (Wildman–Crippen MR) is 121 cm³/mol. The molecule has 1 N–H and O–H groups in total. The number of Topliss-reactive ketones (excluding diaryl/α,β-unsaturated/α-hetero) is 1. The molecule has 0 aliphatic rings. The van der Waals surface area contributed by atoms with Crippen LogP contribution < -0.4 is 4.72 Å². The van der Waals surface area contributed by atoms with Gasteiger partial charge in [0.1, 0.15) is 5.38 Å². The van der Waals surface area contributed by atoms with E-state index in [1.807, 2.05) is 0 Å². The summed E-state index contributed by atoms with van der Waals surface area (Å²) in [5, 5.41) is 10.0. The number of ketones is 1. The van der Waals surface area contributed by atoms with Crippen LogP contribution in [0.1, 0.15) is 22.0 Å². The zero-order valence-corrected chi connectivity index (χ0v) is 19.0. The molecule has 0 saturated carbocycles. The number of nitrogens with zero attached hydrogens (tertiary/aromatic N) is 1. The first-order valence-corrected chi connectivity index (χ1v) is 11.7. The number of halogens is 2. The number of nitro benzene ring substituents is 1. The van der Waals surface area contributed by atoms with Crippen molar-refractivity contribution in [3.05, 3.63) is 105 Å². The molecule has 0 spiro atoms. The van der Waals surface area contributed by atoms with Crippen LogP contribution in [0.5, 0.6) is 0 Å². The van der Waals surface area contributed by atoms with E-state index in [1.54, 1.807) is 54.6 Å². The summed E-state index contributed by atoms with van der Waals surface area (Å²) in [5.74, 6) is -0.486. The molecule has 3 rings (SSSR count). The molecule has 3 aromatic rings. The standard InChI is InChI=1S/C21H16BrClN2O5S/c22-16-12-10-14(11-13-16)20(19(23)21(26)15-6-2-1-3-7-15)24-31(29,30)18-9-5-4-8-17(18)25(27)28/h1-13,19-20,24H/t19-,20-/m1/s1. The Morgan fingerprint density at radius 3 is 2.16 bits per heavy atom. The Morgan fingerprint density at radius 2 is 1.55 bits per heavy atom. The van der Waals surface area contributed by atoms with E-state index in [1.165, 1.54) is 12.1 Å². The second-order valence-electron chi connectivity index (χ2n) is 6.51. The maximum Gasteiger partial charge on any atom is 0.289 e. The number of hydrogen-bond acceptors (Lipinski definition) is 5. The van der Waals surface area contributed by atoms with E-state index in [-0.39, 0.29) is 0 Å². The lowest BCUT2D eigenvalue weighted by Gasteiger charge is -2.23. The van der Waals surface area contributed by atoms with Crippen molar-refractivity contribution in [3.63, 3.8) is 0 Å². The first-order chi connectivity index (χ1) is 14.7. The zero-order chi connectivity index (χ0) is 22.6. The number of carbonyl (C=O) groups is 1. The SMILES string of the molecule is O=C(c1ccccc1)[C@H](Cl)[C@H](NS(=O)(=O)c1ccccc1[N+](=O)[O-])c1ccc(Br)cc1. The number of benzene rings is 3. The highest BCUT2D eigenvalue weighted by atomic mass is 79.9. The van der Waals surface area contributed by atoms with Gasteiger partial charge in [0.2, 0.25) is 10.0 Å². The van der Waals surface area contributed by atoms with E-state index in [0.29, 0.717) is 11.1 Å². The normalized spacial score (nSPS) is 13.4. The monoisotopic (exact) mass is 522 g/mol. The van der Waals surface area contributed by atoms with Gasteiger partial charge in [-0.25, -0.2) is 13.1 Å². The largest absolute Gasteiger partial charge is 0.292 e. The highest BCUT2D eigenvalue weighted by Gasteiger charge is 2.34. The summed E-state index contributed by atoms with van der Waals surface area (Å²) < 4.78 is 29.3. The van der Waals surface area contributed by atoms with Crippen molar-refractivity contribution < 1.29 is 18.1 Å². The van der Waals surface area contributed by atoms with Gasteiger partial charge < -0.3 is 0 Å². The average molecular weight is 524 g/mol. The Bertz CT molecular complexity index is 1200. The minimum absolute atomic E-state index is 0.314. The molecule has 0 aromatic heterocycles. The number of sulfonamides is 1. The Hall–Kier alpha value is -2.59. The zero-order valence-electron chi connectivity index (χ0n) is 15.8. The van der Waals surface area contributed by atoms with Gasteiger partial charge in [0.25, 0.3) is 5.69 Å². The van der Waals surface area contributed by atoms with Gasteiger partial charge in [0, 0.05) is 16.1 Å². The highest BCUT2D eigenvalue weighted by molar-refractivity contribution is 9.10. The van der Waals surface area contributed by atoms with E-state index >= 15 is 0 Å². The number of hydrogen-bond donors (Lipinski definition) is 1. The lowest BCUT2D eigenvalue weighted by atomic mass is 9.98. The molecule has 2 atom stereocenters. The first-order valence-electron chi connectivity index (χ1n) is 8.95. The Labute approximate surface area is 192 Å². The highest BCUT2D eigenvalue weighted by Crippen LogP contribution is 2.30. The van der Waals surface area contributed by atoms with Crippen LogP contribution in [-0.2, 0) is 10.0 Å². The molecule has 0 heterocycles. The third kappa shape index (κ3) is 5.37. The molecule has 0 aliphatic carbocycles. The number of rotatable bonds is 8. The van der Waals surface area contributed by atoms with E-state index < -0.39 is 42.7 Å². The van der Waals surface area contributed by atoms with Gasteiger partial charge in [-0.1, -0.05) is 70.5 Å². The van der Waals surface area contributed by atoms with Gasteiger partial charge in [-0.15, -0.1) is 11.6 Å². The molecule has 0 fully saturated rings. The molecule has 3 aromatic carbocycles. The molecule has 160 valence electrons. The first kappa shape index (κ1) is 23.1. The number of para-hydroxylation sites is 1. The molecule has 0 bridgehead atoms. The average Bonchev–Trinajstić information content (AvgIpc) is 2.78. The Morgan fingerprint density at radius 1 is 0.968 bits per heavy atom. The summed E-state index contributed by atoms with van der Waals surface area (Å²) in [6, 6.07) is 18.6. The van der Waals surface area contributed by atoms with Crippen molar-refractivity contribution in [1.82, 2.24) is 4.72 Å². The third-order valence-corrected chi connectivity index (χ3v) is 6.93. The maximum absolute atomic E-state index is 13.1. The molecule has 10 heteroatoms. The van der Waals surface area contributed by atoms with Crippen LogP contribution in [0, 0.1) is 10.1 Å². The quantitative estimate of drug-likeness (QED) is 0.196. The van der Waals surface area contributed by atoms with E-state index in [2.05, 4.69) is 20.7 Å². The lowest BCUT2D eigenvalue weighted by molar-refractivity contribution is -0.387. The number of alkyl halides is 1. The summed E-state index contributed by atoms with van der Waals surface area (Å²) in [6.45, 7) is 0. The number of carbonyl (C=O) groups excluding carboxylic acids is 1. The predicted octanol–water partition coefficient (Wildman–Crippen LogP) is 4.87. The fourth-order valence-electron chi connectivity index (χ4n) is 2.95. The lowest BCUT2D eigenvalue weighted by Crippen LogP contribution is -2.38. The van der Waals surface area contributed by atoms with Crippen LogP contribution in [0.4, 0.5) is 5.69 Å². The Kier molecular flexibility index (Phi) is 7.22. The maximum atomic E-state index is 13.1. The second kappa shape index (κ2) is 9.69. The van der Waals surface area contributed by atoms with Crippen molar-refractivity contribution >= 4 is 49.0 Å². The van der Waals surface area contributed by atoms with Gasteiger partial charge in [0.05, 0.1) is 11.0 Å². The summed E-state index contributed by atoms with van der Waals surface area (Å²) >= 11 is 9.79. The van der Waals surface area contributed by atoms with Crippen LogP contribution in [0.25, 0.3) is 0 Å². The van der Waals surface area contributed by atoms with Gasteiger partial charge in [-0.2, -0.15) is 0 Å². The van der Waals surface area contributed by atoms with Gasteiger partial charge in [0.15, 0.2) is 10.7 Å². The topological polar surface area (TPSA) is 106 Å². The van der Waals surface area contributed by atoms with Crippen LogP contribution in [0.3, 0.4) is 0 Å². The molecule has 7 nitrogen and oxygen atoms in total. The van der Waals surface area contributed by atoms with Gasteiger partial charge >= 0.3 is 0 Å². The van der Waals surface area contributed by atoms with E-state index in [4.69, 9.17) is 11.6 Å². The van der Waals surface area contributed by atoms with Crippen molar-refractivity contribution in [1.29, 1.82) is 0 Å². The minimum Gasteiger partial charge on any atom is -0.292 e. The second-order valence-corrected chi connectivity index (χ2v) is 9.58. The van der Waals surface area contributed by atoms with E-state index in [9.17, 15) is 23.3 Å². The van der Waals surface area contributed by atoms with Crippen molar-refractivity contribution in [2.75, 3.05) is 0 Å². The smallest absolute Gasteiger partial charge is 0.289 e. The molecule has 0 unspecified atom stereocenters. The molecule has 0 saturated heterocycles. The van der Waals surface area contributed by atoms with E-state index in [0.717, 1.165) is 16.6 Å². The van der Waals surface area contributed by atoms with Crippen molar-refractivity contribution in [2.45, 2.75) is 16.3 Å². The van der Waals surface area contributed by atoms with Gasteiger partial charge in [-0.3, -0.25) is 14.9 Å². The summed E-state index contributed by atoms with van der Waals surface area (Å²) in [6.07, 6.45) is 0. The number of nitrogens with one attached hydrogen (secondary N) is 1. The summed E-state index contributed by atoms with van der Waals surface area (Å²) in [5.41, 5.74) is 0.161. The summed E-state index contributed by atoms with van der Waals surface area (Å²) in [4.78, 5) is 23.0. The molecular weight excluding hydrogens is 508 g/mol. The van der Waals surface area contributed by atoms with Crippen molar-refractivity contribution in [3.8, 4) is 0 Å². The van der Waals surface area contributed by atoms with Crippen LogP contribution in [0.15, 0.2) is 88.2 Å². The van der Waals surface area contributed by atoms with Gasteiger partial charge in [-0.05, 0) is 23.8 Å². The molecule has 31 heavy (non-hydrogen) atoms. The molecule has 0 radical (unpaired) electrons. The molecule has 0 amide bonds. The minimum atomic E-state index is -4.39.